The van der Waals surface area contributed by atoms with Gasteiger partial charge in [0.15, 0.2) is 0 Å². The summed E-state index contributed by atoms with van der Waals surface area (Å²) < 4.78 is 11.1. The van der Waals surface area contributed by atoms with Crippen LogP contribution in [0.4, 0.5) is 10.5 Å². The van der Waals surface area contributed by atoms with Crippen LogP contribution in [0.3, 0.4) is 0 Å². The lowest BCUT2D eigenvalue weighted by Gasteiger charge is -2.22. The molecule has 0 spiro atoms. The van der Waals surface area contributed by atoms with E-state index in [0.717, 1.165) is 34.9 Å². The molecule has 2 aromatic carbocycles. The van der Waals surface area contributed by atoms with E-state index in [1.165, 1.54) is 0 Å². The SMILES string of the molecule is CCCCOc1ccc(C(CNC(=O)OC(C)(C)C)C(=O)Nc2ccc3cnccc3c2)cc1. The number of carbonyl (C=O) groups excluding carboxylic acids is 2. The van der Waals surface area contributed by atoms with Crippen LogP contribution in [-0.2, 0) is 9.53 Å². The molecule has 3 rings (SSSR count). The quantitative estimate of drug-likeness (QED) is 0.400. The van der Waals surface area contributed by atoms with Gasteiger partial charge in [0, 0.05) is 30.0 Å². The average Bonchev–Trinajstić information content (AvgIpc) is 2.79. The number of ether oxygens (including phenoxy) is 2. The van der Waals surface area contributed by atoms with Crippen LogP contribution in [0.5, 0.6) is 5.75 Å². The number of hydrogen-bond acceptors (Lipinski definition) is 5. The molecule has 0 saturated carbocycles. The van der Waals surface area contributed by atoms with E-state index in [2.05, 4.69) is 22.5 Å². The zero-order chi connectivity index (χ0) is 24.6. The zero-order valence-corrected chi connectivity index (χ0v) is 20.3. The van der Waals surface area contributed by atoms with Gasteiger partial charge in [-0.05, 0) is 68.5 Å². The number of fused-ring (bicyclic) bond motifs is 1. The Kier molecular flexibility index (Phi) is 8.46. The van der Waals surface area contributed by atoms with Crippen molar-refractivity contribution in [2.75, 3.05) is 18.5 Å². The molecule has 1 aromatic heterocycles. The first kappa shape index (κ1) is 25.0. The highest BCUT2D eigenvalue weighted by Crippen LogP contribution is 2.23. The lowest BCUT2D eigenvalue weighted by Crippen LogP contribution is -2.37. The Morgan fingerprint density at radius 1 is 1.03 bits per heavy atom. The number of unbranched alkanes of at least 4 members (excludes halogenated alkanes) is 1. The van der Waals surface area contributed by atoms with Crippen LogP contribution in [0.25, 0.3) is 10.8 Å². The fourth-order valence-corrected chi connectivity index (χ4v) is 3.38. The minimum atomic E-state index is -0.626. The summed E-state index contributed by atoms with van der Waals surface area (Å²) in [6, 6.07) is 15.0. The summed E-state index contributed by atoms with van der Waals surface area (Å²) in [6.45, 7) is 8.24. The van der Waals surface area contributed by atoms with Crippen molar-refractivity contribution in [2.24, 2.45) is 0 Å². The third-order valence-corrected chi connectivity index (χ3v) is 5.12. The van der Waals surface area contributed by atoms with Crippen LogP contribution in [0.15, 0.2) is 60.9 Å². The Labute approximate surface area is 200 Å². The van der Waals surface area contributed by atoms with Crippen molar-refractivity contribution >= 4 is 28.5 Å². The molecule has 0 fully saturated rings. The predicted molar refractivity (Wildman–Crippen MR) is 134 cm³/mol. The normalized spacial score (nSPS) is 12.1. The number of rotatable bonds is 9. The van der Waals surface area contributed by atoms with Gasteiger partial charge in [-0.2, -0.15) is 0 Å². The number of nitrogens with one attached hydrogen (secondary N) is 2. The van der Waals surface area contributed by atoms with Crippen LogP contribution in [0, 0.1) is 0 Å². The van der Waals surface area contributed by atoms with Crippen molar-refractivity contribution in [1.29, 1.82) is 0 Å². The Balaban J connectivity index is 1.76. The van der Waals surface area contributed by atoms with Crippen LogP contribution in [0.2, 0.25) is 0 Å². The van der Waals surface area contributed by atoms with E-state index in [0.29, 0.717) is 12.3 Å². The molecule has 0 bridgehead atoms. The predicted octanol–water partition coefficient (Wildman–Crippen LogP) is 5.66. The molecule has 0 aliphatic carbocycles. The smallest absolute Gasteiger partial charge is 0.407 e. The standard InChI is InChI=1S/C27H33N3O4/c1-5-6-15-33-23-11-8-19(9-12-23)24(18-29-26(32)34-27(2,3)4)25(31)30-22-10-7-21-17-28-14-13-20(21)16-22/h7-14,16-17,24H,5-6,15,18H2,1-4H3,(H,29,32)(H,30,31). The maximum atomic E-state index is 13.3. The summed E-state index contributed by atoms with van der Waals surface area (Å²) in [5.41, 5.74) is 0.811. The Morgan fingerprint density at radius 3 is 2.50 bits per heavy atom. The minimum absolute atomic E-state index is 0.0916. The first-order chi connectivity index (χ1) is 16.2. The van der Waals surface area contributed by atoms with Gasteiger partial charge >= 0.3 is 6.09 Å². The maximum Gasteiger partial charge on any atom is 0.407 e. The molecule has 34 heavy (non-hydrogen) atoms. The second-order valence-electron chi connectivity index (χ2n) is 9.13. The van der Waals surface area contributed by atoms with Gasteiger partial charge in [0.05, 0.1) is 12.5 Å². The number of hydrogen-bond donors (Lipinski definition) is 2. The van der Waals surface area contributed by atoms with Gasteiger partial charge in [-0.1, -0.05) is 31.5 Å². The lowest BCUT2D eigenvalue weighted by atomic mass is 9.97. The summed E-state index contributed by atoms with van der Waals surface area (Å²) in [5, 5.41) is 7.67. The molecular weight excluding hydrogens is 430 g/mol. The fourth-order valence-electron chi connectivity index (χ4n) is 3.38. The van der Waals surface area contributed by atoms with Crippen molar-refractivity contribution in [3.05, 3.63) is 66.5 Å². The molecule has 1 heterocycles. The number of pyridine rings is 1. The molecular formula is C27H33N3O4. The molecule has 0 aliphatic heterocycles. The number of anilines is 1. The maximum absolute atomic E-state index is 13.3. The van der Waals surface area contributed by atoms with E-state index < -0.39 is 17.6 Å². The number of benzene rings is 2. The monoisotopic (exact) mass is 463 g/mol. The van der Waals surface area contributed by atoms with Crippen molar-refractivity contribution in [2.45, 2.75) is 52.1 Å². The van der Waals surface area contributed by atoms with Gasteiger partial charge in [0.2, 0.25) is 5.91 Å². The number of nitrogens with zero attached hydrogens (tertiary/aromatic N) is 1. The van der Waals surface area contributed by atoms with Crippen LogP contribution in [0.1, 0.15) is 52.0 Å². The molecule has 0 saturated heterocycles. The van der Waals surface area contributed by atoms with E-state index in [-0.39, 0.29) is 12.5 Å². The summed E-state index contributed by atoms with van der Waals surface area (Å²) in [4.78, 5) is 29.6. The molecule has 7 heteroatoms. The topological polar surface area (TPSA) is 89.5 Å². The number of alkyl carbamates (subject to hydrolysis) is 1. The highest BCUT2D eigenvalue weighted by atomic mass is 16.6. The number of aromatic nitrogens is 1. The van der Waals surface area contributed by atoms with Gasteiger partial charge in [-0.15, -0.1) is 0 Å². The number of carbonyl (C=O) groups is 2. The Morgan fingerprint density at radius 2 is 1.79 bits per heavy atom. The Bertz CT molecular complexity index is 1110. The van der Waals surface area contributed by atoms with Crippen LogP contribution < -0.4 is 15.4 Å². The molecule has 0 aliphatic rings. The van der Waals surface area contributed by atoms with E-state index in [1.807, 2.05) is 48.5 Å². The summed E-state index contributed by atoms with van der Waals surface area (Å²) in [6.07, 6.45) is 4.96. The van der Waals surface area contributed by atoms with Crippen LogP contribution in [-0.4, -0.2) is 35.7 Å². The fraction of sp³-hybridized carbons (Fsp3) is 0.370. The van der Waals surface area contributed by atoms with Gasteiger partial charge in [-0.3, -0.25) is 9.78 Å². The van der Waals surface area contributed by atoms with Gasteiger partial charge in [-0.25, -0.2) is 4.79 Å². The molecule has 2 N–H and O–H groups in total. The Hall–Kier alpha value is -3.61. The van der Waals surface area contributed by atoms with Gasteiger partial charge in [0.25, 0.3) is 0 Å². The third kappa shape index (κ3) is 7.47. The summed E-state index contributed by atoms with van der Waals surface area (Å²) in [7, 11) is 0. The van der Waals surface area contributed by atoms with E-state index >= 15 is 0 Å². The highest BCUT2D eigenvalue weighted by molar-refractivity contribution is 5.98. The third-order valence-electron chi connectivity index (χ3n) is 5.12. The van der Waals surface area contributed by atoms with Gasteiger partial charge in [0.1, 0.15) is 11.4 Å². The molecule has 2 amide bonds. The van der Waals surface area contributed by atoms with Crippen molar-refractivity contribution < 1.29 is 19.1 Å². The largest absolute Gasteiger partial charge is 0.494 e. The molecule has 180 valence electrons. The number of amides is 2. The van der Waals surface area contributed by atoms with E-state index in [4.69, 9.17) is 9.47 Å². The van der Waals surface area contributed by atoms with Gasteiger partial charge < -0.3 is 20.1 Å². The van der Waals surface area contributed by atoms with Crippen molar-refractivity contribution in [3.8, 4) is 5.75 Å². The average molecular weight is 464 g/mol. The first-order valence-corrected chi connectivity index (χ1v) is 11.6. The van der Waals surface area contributed by atoms with Crippen molar-refractivity contribution in [1.82, 2.24) is 10.3 Å². The first-order valence-electron chi connectivity index (χ1n) is 11.6. The second kappa shape index (κ2) is 11.5. The molecule has 1 unspecified atom stereocenters. The highest BCUT2D eigenvalue weighted by Gasteiger charge is 2.24. The molecule has 7 nitrogen and oxygen atoms in total. The van der Waals surface area contributed by atoms with Crippen LogP contribution >= 0.6 is 0 Å². The summed E-state index contributed by atoms with van der Waals surface area (Å²) in [5.74, 6) is -0.103. The zero-order valence-electron chi connectivity index (χ0n) is 20.3. The minimum Gasteiger partial charge on any atom is -0.494 e. The molecule has 0 radical (unpaired) electrons. The molecule has 3 aromatic rings. The van der Waals surface area contributed by atoms with E-state index in [1.54, 1.807) is 33.2 Å². The van der Waals surface area contributed by atoms with Crippen molar-refractivity contribution in [3.63, 3.8) is 0 Å². The second-order valence-corrected chi connectivity index (χ2v) is 9.13. The lowest BCUT2D eigenvalue weighted by molar-refractivity contribution is -0.117. The molecule has 1 atom stereocenters. The summed E-state index contributed by atoms with van der Waals surface area (Å²) >= 11 is 0. The van der Waals surface area contributed by atoms with E-state index in [9.17, 15) is 9.59 Å².